The SMILES string of the molecule is C=c1[nH]c2onnc2c1=C. The predicted molar refractivity (Wildman–Crippen MR) is 36.4 cm³/mol. The third-order valence-electron chi connectivity index (χ3n) is 1.40. The van der Waals surface area contributed by atoms with Crippen molar-refractivity contribution in [2.75, 3.05) is 0 Å². The van der Waals surface area contributed by atoms with E-state index >= 15 is 0 Å². The summed E-state index contributed by atoms with van der Waals surface area (Å²) in [6.07, 6.45) is 0. The van der Waals surface area contributed by atoms with E-state index in [1.165, 1.54) is 0 Å². The summed E-state index contributed by atoms with van der Waals surface area (Å²) >= 11 is 0. The maximum atomic E-state index is 4.72. The molecule has 0 saturated heterocycles. The molecular weight excluding hydrogens is 130 g/mol. The van der Waals surface area contributed by atoms with Gasteiger partial charge < -0.3 is 9.51 Å². The van der Waals surface area contributed by atoms with Crippen molar-refractivity contribution in [1.82, 2.24) is 15.4 Å². The maximum absolute atomic E-state index is 4.72. The summed E-state index contributed by atoms with van der Waals surface area (Å²) in [5.41, 5.74) is 1.19. The predicted octanol–water partition coefficient (Wildman–Crippen LogP) is -0.629. The van der Waals surface area contributed by atoms with Crippen molar-refractivity contribution in [2.45, 2.75) is 0 Å². The van der Waals surface area contributed by atoms with Crippen molar-refractivity contribution in [3.8, 4) is 0 Å². The Balaban J connectivity index is 3.24. The van der Waals surface area contributed by atoms with E-state index in [1.54, 1.807) is 0 Å². The van der Waals surface area contributed by atoms with Crippen LogP contribution >= 0.6 is 0 Å². The van der Waals surface area contributed by atoms with Gasteiger partial charge in [-0.3, -0.25) is 0 Å². The van der Waals surface area contributed by atoms with Gasteiger partial charge in [0.15, 0.2) is 5.52 Å². The molecule has 0 spiro atoms. The van der Waals surface area contributed by atoms with Gasteiger partial charge in [0.05, 0.1) is 0 Å². The molecule has 2 aromatic rings. The number of aromatic amines is 1. The molecule has 0 aromatic carbocycles. The Labute approximate surface area is 55.8 Å². The van der Waals surface area contributed by atoms with E-state index in [2.05, 4.69) is 28.5 Å². The van der Waals surface area contributed by atoms with Gasteiger partial charge in [0, 0.05) is 15.8 Å². The van der Waals surface area contributed by atoms with Crippen molar-refractivity contribution >= 4 is 24.4 Å². The fourth-order valence-corrected chi connectivity index (χ4v) is 0.826. The number of nitrogens with zero attached hydrogens (tertiary/aromatic N) is 2. The van der Waals surface area contributed by atoms with Gasteiger partial charge in [0.1, 0.15) is 0 Å². The highest BCUT2D eigenvalue weighted by atomic mass is 16.5. The van der Waals surface area contributed by atoms with E-state index < -0.39 is 0 Å². The lowest BCUT2D eigenvalue weighted by Crippen LogP contribution is -2.18. The van der Waals surface area contributed by atoms with Gasteiger partial charge in [-0.15, -0.1) is 5.10 Å². The highest BCUT2D eigenvalue weighted by Crippen LogP contribution is 1.95. The zero-order chi connectivity index (χ0) is 7.14. The lowest BCUT2D eigenvalue weighted by atomic mass is 10.4. The minimum absolute atomic E-state index is 0.537. The molecule has 0 fully saturated rings. The largest absolute Gasteiger partial charge is 0.322 e. The molecule has 0 aliphatic rings. The number of hydrogen-bond acceptors (Lipinski definition) is 3. The minimum atomic E-state index is 0.537. The molecule has 2 aromatic heterocycles. The second-order valence-electron chi connectivity index (χ2n) is 2.03. The molecule has 50 valence electrons. The average molecular weight is 135 g/mol. The van der Waals surface area contributed by atoms with Crippen molar-refractivity contribution in [2.24, 2.45) is 0 Å². The van der Waals surface area contributed by atoms with E-state index in [-0.39, 0.29) is 0 Å². The summed E-state index contributed by atoms with van der Waals surface area (Å²) in [4.78, 5) is 2.84. The van der Waals surface area contributed by atoms with Crippen molar-refractivity contribution in [3.63, 3.8) is 0 Å². The standard InChI is InChI=1S/C6H5N3O/c1-3-4(2)7-6-5(3)8-9-10-6/h7H,1-2H2. The first-order valence-corrected chi connectivity index (χ1v) is 2.77. The number of rotatable bonds is 0. The fourth-order valence-electron chi connectivity index (χ4n) is 0.826. The Morgan fingerprint density at radius 3 is 2.90 bits per heavy atom. The first kappa shape index (κ1) is 5.22. The van der Waals surface area contributed by atoms with E-state index in [0.717, 1.165) is 10.6 Å². The number of hydrogen-bond donors (Lipinski definition) is 1. The summed E-state index contributed by atoms with van der Waals surface area (Å²) in [7, 11) is 0. The van der Waals surface area contributed by atoms with Crippen LogP contribution in [0.1, 0.15) is 0 Å². The molecule has 1 N–H and O–H groups in total. The summed E-state index contributed by atoms with van der Waals surface area (Å²) in [6.45, 7) is 7.41. The smallest absolute Gasteiger partial charge is 0.257 e. The Hall–Kier alpha value is -1.58. The Bertz CT molecular complexity index is 453. The van der Waals surface area contributed by atoms with Crippen LogP contribution in [0.15, 0.2) is 4.52 Å². The van der Waals surface area contributed by atoms with Crippen LogP contribution in [0.2, 0.25) is 0 Å². The molecule has 0 unspecified atom stereocenters. The molecule has 4 heteroatoms. The quantitative estimate of drug-likeness (QED) is 0.523. The van der Waals surface area contributed by atoms with Crippen LogP contribution < -0.4 is 10.6 Å². The van der Waals surface area contributed by atoms with Gasteiger partial charge in [-0.2, -0.15) is 0 Å². The van der Waals surface area contributed by atoms with Crippen LogP contribution in [0.4, 0.5) is 0 Å². The monoisotopic (exact) mass is 135 g/mol. The first-order valence-electron chi connectivity index (χ1n) is 2.77. The first-order chi connectivity index (χ1) is 4.79. The average Bonchev–Trinajstić information content (AvgIpc) is 2.41. The lowest BCUT2D eigenvalue weighted by Gasteiger charge is -1.66. The van der Waals surface area contributed by atoms with E-state index in [1.807, 2.05) is 0 Å². The van der Waals surface area contributed by atoms with E-state index in [9.17, 15) is 0 Å². The summed E-state index contributed by atoms with van der Waals surface area (Å²) < 4.78 is 4.72. The lowest BCUT2D eigenvalue weighted by molar-refractivity contribution is 0.417. The molecule has 0 aliphatic heterocycles. The van der Waals surface area contributed by atoms with Crippen LogP contribution in [-0.4, -0.2) is 15.4 Å². The van der Waals surface area contributed by atoms with Crippen LogP contribution in [0, 0.1) is 0 Å². The zero-order valence-electron chi connectivity index (χ0n) is 5.22. The highest BCUT2D eigenvalue weighted by Gasteiger charge is 2.01. The van der Waals surface area contributed by atoms with Crippen molar-refractivity contribution in [1.29, 1.82) is 0 Å². The van der Waals surface area contributed by atoms with Crippen molar-refractivity contribution < 1.29 is 4.52 Å². The third kappa shape index (κ3) is 0.452. The molecule has 0 bridgehead atoms. The zero-order valence-corrected chi connectivity index (χ0v) is 5.22. The molecule has 0 aliphatic carbocycles. The Kier molecular flexibility index (Phi) is 0.768. The molecule has 2 heterocycles. The molecule has 0 amide bonds. The summed E-state index contributed by atoms with van der Waals surface area (Å²) in [5.74, 6) is 0. The van der Waals surface area contributed by atoms with Gasteiger partial charge in [0.25, 0.3) is 5.71 Å². The van der Waals surface area contributed by atoms with E-state index in [0.29, 0.717) is 11.2 Å². The van der Waals surface area contributed by atoms with Gasteiger partial charge >= 0.3 is 0 Å². The number of fused-ring (bicyclic) bond motifs is 1. The van der Waals surface area contributed by atoms with Gasteiger partial charge in [-0.1, -0.05) is 13.2 Å². The van der Waals surface area contributed by atoms with Gasteiger partial charge in [0.2, 0.25) is 0 Å². The highest BCUT2D eigenvalue weighted by molar-refractivity contribution is 5.68. The van der Waals surface area contributed by atoms with Gasteiger partial charge in [-0.25, -0.2) is 0 Å². The molecule has 0 atom stereocenters. The van der Waals surface area contributed by atoms with Crippen LogP contribution in [-0.2, 0) is 0 Å². The fraction of sp³-hybridized carbons (Fsp3) is 0. The Morgan fingerprint density at radius 2 is 2.20 bits per heavy atom. The maximum Gasteiger partial charge on any atom is 0.257 e. The Morgan fingerprint density at radius 1 is 1.40 bits per heavy atom. The molecule has 0 saturated carbocycles. The minimum Gasteiger partial charge on any atom is -0.322 e. The topological polar surface area (TPSA) is 54.7 Å². The normalized spacial score (nSPS) is 10.8. The van der Waals surface area contributed by atoms with Crippen LogP contribution in [0.5, 0.6) is 0 Å². The number of nitrogens with one attached hydrogen (secondary N) is 1. The summed E-state index contributed by atoms with van der Waals surface area (Å²) in [5, 5.41) is 8.50. The van der Waals surface area contributed by atoms with Gasteiger partial charge in [-0.05, 0) is 0 Å². The number of aromatic nitrogens is 3. The molecule has 2 rings (SSSR count). The van der Waals surface area contributed by atoms with Crippen molar-refractivity contribution in [3.05, 3.63) is 10.6 Å². The molecule has 0 radical (unpaired) electrons. The second kappa shape index (κ2) is 1.47. The molecule has 4 nitrogen and oxygen atoms in total. The third-order valence-corrected chi connectivity index (χ3v) is 1.40. The number of H-pyrrole nitrogens is 1. The molecule has 10 heavy (non-hydrogen) atoms. The van der Waals surface area contributed by atoms with Crippen LogP contribution in [0.25, 0.3) is 24.4 Å². The van der Waals surface area contributed by atoms with Crippen LogP contribution in [0.3, 0.4) is 0 Å². The second-order valence-corrected chi connectivity index (χ2v) is 2.03. The molecular formula is C6H5N3O. The van der Waals surface area contributed by atoms with E-state index in [4.69, 9.17) is 4.52 Å². The summed E-state index contributed by atoms with van der Waals surface area (Å²) in [6, 6.07) is 0.